The first-order valence-electron chi connectivity index (χ1n) is 12.2. The van der Waals surface area contributed by atoms with Gasteiger partial charge in [0.05, 0.1) is 24.4 Å². The summed E-state index contributed by atoms with van der Waals surface area (Å²) >= 11 is 12.4. The maximum absolute atomic E-state index is 14.7. The van der Waals surface area contributed by atoms with E-state index in [0.717, 1.165) is 22.4 Å². The minimum absolute atomic E-state index is 0.254. The molecule has 0 bridgehead atoms. The van der Waals surface area contributed by atoms with Gasteiger partial charge in [0.2, 0.25) is 0 Å². The highest BCUT2D eigenvalue weighted by atomic mass is 35.5. The van der Waals surface area contributed by atoms with E-state index in [1.54, 1.807) is 36.4 Å². The van der Waals surface area contributed by atoms with Gasteiger partial charge in [0.15, 0.2) is 0 Å². The quantitative estimate of drug-likeness (QED) is 0.147. The molecule has 38 heavy (non-hydrogen) atoms. The zero-order valence-electron chi connectivity index (χ0n) is 21.1. The minimum Gasteiger partial charge on any atom is -0.494 e. The van der Waals surface area contributed by atoms with Crippen LogP contribution in [0.3, 0.4) is 0 Å². The smallest absolute Gasteiger partial charge is 0.305 e. The fourth-order valence-corrected chi connectivity index (χ4v) is 4.42. The topological polar surface area (TPSA) is 53.4 Å². The predicted octanol–water partition coefficient (Wildman–Crippen LogP) is 8.19. The second-order valence-corrected chi connectivity index (χ2v) is 9.36. The van der Waals surface area contributed by atoms with Crippen LogP contribution in [-0.2, 0) is 16.1 Å². The number of benzene rings is 3. The fourth-order valence-electron chi connectivity index (χ4n) is 3.91. The van der Waals surface area contributed by atoms with Gasteiger partial charge in [0.1, 0.15) is 17.4 Å². The Labute approximate surface area is 231 Å². The molecule has 0 saturated heterocycles. The zero-order chi connectivity index (χ0) is 27.1. The molecular weight excluding hydrogens is 526 g/mol. The lowest BCUT2D eigenvalue weighted by Gasteiger charge is -2.08. The summed E-state index contributed by atoms with van der Waals surface area (Å²) in [5, 5.41) is 1.08. The number of aromatic nitrogens is 2. The molecule has 3 aromatic carbocycles. The number of rotatable bonds is 10. The van der Waals surface area contributed by atoms with Crippen LogP contribution in [0.1, 0.15) is 31.2 Å². The van der Waals surface area contributed by atoms with E-state index in [2.05, 4.69) is 4.74 Å². The second kappa shape index (κ2) is 12.8. The lowest BCUT2D eigenvalue weighted by molar-refractivity contribution is -0.140. The number of methoxy groups -OCH3 is 1. The van der Waals surface area contributed by atoms with Gasteiger partial charge in [0, 0.05) is 35.3 Å². The number of carbonyl (C=O) groups excluding carboxylic acids is 1. The van der Waals surface area contributed by atoms with Crippen molar-refractivity contribution in [2.24, 2.45) is 0 Å². The van der Waals surface area contributed by atoms with E-state index in [0.29, 0.717) is 53.2 Å². The number of aryl methyl sites for hydroxylation is 1. The predicted molar refractivity (Wildman–Crippen MR) is 151 cm³/mol. The average molecular weight is 553 g/mol. The van der Waals surface area contributed by atoms with E-state index < -0.39 is 0 Å². The average Bonchev–Trinajstić information content (AvgIpc) is 3.33. The molecule has 1 aromatic heterocycles. The van der Waals surface area contributed by atoms with E-state index in [4.69, 9.17) is 32.9 Å². The van der Waals surface area contributed by atoms with Crippen LogP contribution in [0.4, 0.5) is 4.39 Å². The van der Waals surface area contributed by atoms with Crippen LogP contribution in [-0.4, -0.2) is 29.2 Å². The van der Waals surface area contributed by atoms with Crippen molar-refractivity contribution >= 4 is 41.3 Å². The van der Waals surface area contributed by atoms with Gasteiger partial charge in [-0.25, -0.2) is 9.37 Å². The van der Waals surface area contributed by atoms with Crippen molar-refractivity contribution in [2.75, 3.05) is 13.7 Å². The first-order chi connectivity index (χ1) is 18.4. The van der Waals surface area contributed by atoms with Crippen molar-refractivity contribution < 1.29 is 18.7 Å². The molecule has 4 rings (SSSR count). The minimum atomic E-state index is -0.328. The number of halogens is 3. The molecule has 0 aliphatic rings. The Morgan fingerprint density at radius 3 is 2.50 bits per heavy atom. The Kier molecular flexibility index (Phi) is 9.21. The Hall–Kier alpha value is -3.61. The second-order valence-electron chi connectivity index (χ2n) is 8.52. The molecule has 0 atom stereocenters. The highest BCUT2D eigenvalue weighted by Gasteiger charge is 2.11. The van der Waals surface area contributed by atoms with Crippen LogP contribution in [0.25, 0.3) is 34.5 Å². The van der Waals surface area contributed by atoms with Crippen LogP contribution >= 0.6 is 23.2 Å². The molecule has 0 saturated carbocycles. The number of imidazole rings is 1. The summed E-state index contributed by atoms with van der Waals surface area (Å²) in [5.41, 5.74) is 3.74. The lowest BCUT2D eigenvalue weighted by Crippen LogP contribution is -2.04. The Morgan fingerprint density at radius 2 is 1.79 bits per heavy atom. The summed E-state index contributed by atoms with van der Waals surface area (Å²) in [5.74, 6) is 0.803. The first-order valence-corrected chi connectivity index (χ1v) is 12.9. The van der Waals surface area contributed by atoms with Gasteiger partial charge in [-0.2, -0.15) is 0 Å². The summed E-state index contributed by atoms with van der Waals surface area (Å²) in [6.45, 7) is 3.12. The summed E-state index contributed by atoms with van der Waals surface area (Å²) < 4.78 is 27.0. The number of hydrogen-bond donors (Lipinski definition) is 0. The number of esters is 1. The Bertz CT molecular complexity index is 1450. The van der Waals surface area contributed by atoms with Crippen molar-refractivity contribution in [3.63, 3.8) is 0 Å². The van der Waals surface area contributed by atoms with E-state index in [-0.39, 0.29) is 11.8 Å². The third-order valence-electron chi connectivity index (χ3n) is 5.97. The third kappa shape index (κ3) is 6.82. The fraction of sp³-hybridized carbons (Fsp3) is 0.200. The molecular formula is C30H27Cl2FN2O3. The van der Waals surface area contributed by atoms with Gasteiger partial charge in [-0.1, -0.05) is 41.4 Å². The van der Waals surface area contributed by atoms with E-state index in [1.165, 1.54) is 13.2 Å². The summed E-state index contributed by atoms with van der Waals surface area (Å²) in [4.78, 5) is 15.9. The zero-order valence-corrected chi connectivity index (χ0v) is 22.6. The van der Waals surface area contributed by atoms with Crippen LogP contribution in [0.5, 0.6) is 5.75 Å². The summed E-state index contributed by atoms with van der Waals surface area (Å²) in [6.07, 6.45) is 6.33. The highest BCUT2D eigenvalue weighted by Crippen LogP contribution is 2.30. The van der Waals surface area contributed by atoms with Crippen molar-refractivity contribution in [1.29, 1.82) is 0 Å². The van der Waals surface area contributed by atoms with E-state index >= 15 is 0 Å². The van der Waals surface area contributed by atoms with E-state index in [9.17, 15) is 9.18 Å². The molecule has 0 fully saturated rings. The molecule has 1 heterocycles. The maximum Gasteiger partial charge on any atom is 0.305 e. The molecule has 0 radical (unpaired) electrons. The van der Waals surface area contributed by atoms with Crippen LogP contribution in [0.2, 0.25) is 10.0 Å². The van der Waals surface area contributed by atoms with Crippen LogP contribution in [0.15, 0.2) is 66.9 Å². The third-order valence-corrected chi connectivity index (χ3v) is 6.52. The highest BCUT2D eigenvalue weighted by molar-refractivity contribution is 6.36. The SMILES string of the molecule is CCn1cc(-c2ccc(Cl)cc2Cl)nc1/C=C/c1cc(-c2ccc(OCCCC(=O)OC)cc2)ccc1F. The number of nitrogens with zero attached hydrogens (tertiary/aromatic N) is 2. The number of carbonyl (C=O) groups is 1. The molecule has 8 heteroatoms. The van der Waals surface area contributed by atoms with Crippen LogP contribution < -0.4 is 4.74 Å². The summed E-state index contributed by atoms with van der Waals surface area (Å²) in [7, 11) is 1.37. The van der Waals surface area contributed by atoms with Gasteiger partial charge < -0.3 is 14.0 Å². The molecule has 0 spiro atoms. The van der Waals surface area contributed by atoms with E-state index in [1.807, 2.05) is 48.0 Å². The Balaban J connectivity index is 1.50. The molecule has 0 amide bonds. The lowest BCUT2D eigenvalue weighted by atomic mass is 10.0. The van der Waals surface area contributed by atoms with Gasteiger partial charge in [0.25, 0.3) is 0 Å². The standard InChI is InChI=1S/C30H27Cl2FN2O3/c1-3-35-19-28(25-13-10-23(31)18-26(25)32)34-29(35)15-9-22-17-21(8-14-27(22)33)20-6-11-24(12-7-20)38-16-4-5-30(36)37-2/h6-15,17-19H,3-5,16H2,1-2H3/b15-9+. The monoisotopic (exact) mass is 552 g/mol. The molecule has 0 unspecified atom stereocenters. The van der Waals surface area contributed by atoms with Gasteiger partial charge in [-0.05, 0) is 79.1 Å². The molecule has 5 nitrogen and oxygen atoms in total. The molecule has 0 aliphatic heterocycles. The molecule has 0 N–H and O–H groups in total. The molecule has 196 valence electrons. The maximum atomic E-state index is 14.7. The molecule has 4 aromatic rings. The summed E-state index contributed by atoms with van der Waals surface area (Å²) in [6, 6.07) is 17.8. The van der Waals surface area contributed by atoms with Crippen LogP contribution in [0, 0.1) is 5.82 Å². The first kappa shape index (κ1) is 27.4. The normalized spacial score (nSPS) is 11.2. The van der Waals surface area contributed by atoms with Crippen molar-refractivity contribution in [3.05, 3.63) is 94.1 Å². The van der Waals surface area contributed by atoms with Gasteiger partial charge in [-0.15, -0.1) is 0 Å². The van der Waals surface area contributed by atoms with Gasteiger partial charge >= 0.3 is 5.97 Å². The van der Waals surface area contributed by atoms with Gasteiger partial charge in [-0.3, -0.25) is 4.79 Å². The number of ether oxygens (including phenoxy) is 2. The van der Waals surface area contributed by atoms with Crippen molar-refractivity contribution in [2.45, 2.75) is 26.3 Å². The van der Waals surface area contributed by atoms with Crippen molar-refractivity contribution in [3.8, 4) is 28.1 Å². The Morgan fingerprint density at radius 1 is 1.03 bits per heavy atom. The largest absolute Gasteiger partial charge is 0.494 e. The number of hydrogen-bond acceptors (Lipinski definition) is 4. The molecule has 0 aliphatic carbocycles. The van der Waals surface area contributed by atoms with Crippen molar-refractivity contribution in [1.82, 2.24) is 9.55 Å².